The van der Waals surface area contributed by atoms with Crippen LogP contribution in [-0.2, 0) is 14.3 Å². The molecule has 2 aromatic carbocycles. The fourth-order valence-electron chi connectivity index (χ4n) is 5.65. The molecule has 5 nitrogen and oxygen atoms in total. The summed E-state index contributed by atoms with van der Waals surface area (Å²) in [6.07, 6.45) is 2.46. The second-order valence-corrected chi connectivity index (χ2v) is 10.9. The van der Waals surface area contributed by atoms with Crippen molar-refractivity contribution in [1.82, 2.24) is 9.80 Å². The van der Waals surface area contributed by atoms with Gasteiger partial charge in [-0.2, -0.15) is 0 Å². The Kier molecular flexibility index (Phi) is 8.54. The maximum absolute atomic E-state index is 14.2. The lowest BCUT2D eigenvalue weighted by Crippen LogP contribution is -2.58. The molecule has 2 aliphatic heterocycles. The molecule has 0 N–H and O–H groups in total. The van der Waals surface area contributed by atoms with E-state index in [1.54, 1.807) is 0 Å². The molecule has 0 spiro atoms. The molecule has 1 unspecified atom stereocenters. The van der Waals surface area contributed by atoms with E-state index in [-0.39, 0.29) is 30.3 Å². The van der Waals surface area contributed by atoms with Crippen molar-refractivity contribution in [2.45, 2.75) is 51.1 Å². The summed E-state index contributed by atoms with van der Waals surface area (Å²) in [7, 11) is 0. The van der Waals surface area contributed by atoms with Crippen molar-refractivity contribution in [3.05, 3.63) is 69.7 Å². The maximum Gasteiger partial charge on any atom is 0.229 e. The number of halogens is 2. The Morgan fingerprint density at radius 3 is 2.43 bits per heavy atom. The lowest BCUT2D eigenvalue weighted by atomic mass is 9.67. The van der Waals surface area contributed by atoms with Crippen LogP contribution in [-0.4, -0.2) is 60.9 Å². The van der Waals surface area contributed by atoms with Crippen LogP contribution in [0.25, 0.3) is 0 Å². The molecule has 2 heterocycles. The molecule has 0 saturated carbocycles. The molecule has 2 fully saturated rings. The number of carbonyl (C=O) groups is 2. The number of hydrogen-bond acceptors (Lipinski definition) is 4. The minimum atomic E-state index is -0.782. The van der Waals surface area contributed by atoms with Crippen LogP contribution < -0.4 is 0 Å². The van der Waals surface area contributed by atoms with Crippen LogP contribution in [0.1, 0.15) is 56.2 Å². The van der Waals surface area contributed by atoms with Crippen LogP contribution in [0, 0.1) is 5.41 Å². The van der Waals surface area contributed by atoms with Gasteiger partial charge in [0.2, 0.25) is 5.91 Å². The van der Waals surface area contributed by atoms with Gasteiger partial charge in [0.25, 0.3) is 0 Å². The number of ether oxygens (including phenoxy) is 1. The van der Waals surface area contributed by atoms with E-state index in [1.807, 2.05) is 49.4 Å². The summed E-state index contributed by atoms with van der Waals surface area (Å²) in [6.45, 7) is 7.97. The van der Waals surface area contributed by atoms with Gasteiger partial charge in [0.1, 0.15) is 6.29 Å². The molecule has 188 valence electrons. The molecule has 2 saturated heterocycles. The van der Waals surface area contributed by atoms with Gasteiger partial charge in [-0.15, -0.1) is 0 Å². The normalized spacial score (nSPS) is 26.5. The fraction of sp³-hybridized carbons (Fsp3) is 0.500. The fourth-order valence-corrected chi connectivity index (χ4v) is 5.97. The highest BCUT2D eigenvalue weighted by atomic mass is 35.5. The first kappa shape index (κ1) is 26.2. The summed E-state index contributed by atoms with van der Waals surface area (Å²) >= 11 is 12.7. The SMILES string of the molecule is CCC(CN1CCOCC1)N1C(=O)[C@@](C)(CC=O)C[C@H](c2cccc(Cl)c2)[C@H]1c1ccc(Cl)cc1. The van der Waals surface area contributed by atoms with E-state index < -0.39 is 5.41 Å². The first-order valence-corrected chi connectivity index (χ1v) is 13.2. The summed E-state index contributed by atoms with van der Waals surface area (Å²) in [5.74, 6) is 0.0270. The molecule has 2 aliphatic rings. The Balaban J connectivity index is 1.83. The van der Waals surface area contributed by atoms with Crippen LogP contribution in [0.15, 0.2) is 48.5 Å². The highest BCUT2D eigenvalue weighted by molar-refractivity contribution is 6.30. The van der Waals surface area contributed by atoms with Gasteiger partial charge in [0.05, 0.1) is 24.7 Å². The Bertz CT molecular complexity index is 1030. The average molecular weight is 517 g/mol. The van der Waals surface area contributed by atoms with Crippen LogP contribution in [0.2, 0.25) is 10.0 Å². The molecular weight excluding hydrogens is 483 g/mol. The summed E-state index contributed by atoms with van der Waals surface area (Å²) in [5, 5.41) is 1.33. The molecule has 0 aromatic heterocycles. The van der Waals surface area contributed by atoms with Gasteiger partial charge >= 0.3 is 0 Å². The Labute approximate surface area is 218 Å². The third-order valence-electron chi connectivity index (χ3n) is 7.56. The molecule has 4 atom stereocenters. The third-order valence-corrected chi connectivity index (χ3v) is 8.05. The summed E-state index contributed by atoms with van der Waals surface area (Å²) in [5.41, 5.74) is 1.34. The van der Waals surface area contributed by atoms with Crippen molar-refractivity contribution in [1.29, 1.82) is 0 Å². The summed E-state index contributed by atoms with van der Waals surface area (Å²) in [6, 6.07) is 15.5. The zero-order valence-electron chi connectivity index (χ0n) is 20.5. The Morgan fingerprint density at radius 2 is 1.80 bits per heavy atom. The van der Waals surface area contributed by atoms with Gasteiger partial charge in [-0.05, 0) is 48.2 Å². The largest absolute Gasteiger partial charge is 0.379 e. The molecule has 0 aliphatic carbocycles. The Hall–Kier alpha value is -1.92. The third kappa shape index (κ3) is 5.75. The van der Waals surface area contributed by atoms with Gasteiger partial charge in [-0.3, -0.25) is 9.69 Å². The number of piperidine rings is 1. The van der Waals surface area contributed by atoms with E-state index in [9.17, 15) is 9.59 Å². The molecule has 4 rings (SSSR count). The van der Waals surface area contributed by atoms with Gasteiger partial charge in [-0.1, -0.05) is 61.3 Å². The number of nitrogens with zero attached hydrogens (tertiary/aromatic N) is 2. The number of likely N-dealkylation sites (tertiary alicyclic amines) is 1. The van der Waals surface area contributed by atoms with Crippen molar-refractivity contribution in [3.63, 3.8) is 0 Å². The number of morpholine rings is 1. The molecule has 7 heteroatoms. The second kappa shape index (κ2) is 11.4. The van der Waals surface area contributed by atoms with Gasteiger partial charge < -0.3 is 14.4 Å². The number of amides is 1. The zero-order valence-corrected chi connectivity index (χ0v) is 22.0. The minimum absolute atomic E-state index is 0.00533. The van der Waals surface area contributed by atoms with Crippen LogP contribution in [0.5, 0.6) is 0 Å². The van der Waals surface area contributed by atoms with E-state index in [0.29, 0.717) is 29.7 Å². The number of hydrogen-bond donors (Lipinski definition) is 0. The van der Waals surface area contributed by atoms with Crippen molar-refractivity contribution < 1.29 is 14.3 Å². The van der Waals surface area contributed by atoms with E-state index in [0.717, 1.165) is 43.5 Å². The van der Waals surface area contributed by atoms with Crippen molar-refractivity contribution >= 4 is 35.4 Å². The van der Waals surface area contributed by atoms with E-state index >= 15 is 0 Å². The first-order valence-electron chi connectivity index (χ1n) is 12.4. The smallest absolute Gasteiger partial charge is 0.229 e. The number of rotatable bonds is 8. The minimum Gasteiger partial charge on any atom is -0.379 e. The van der Waals surface area contributed by atoms with Gasteiger partial charge in [0, 0.05) is 48.1 Å². The van der Waals surface area contributed by atoms with Crippen molar-refractivity contribution in [2.75, 3.05) is 32.8 Å². The maximum atomic E-state index is 14.2. The molecule has 1 amide bonds. The number of aldehydes is 1. The monoisotopic (exact) mass is 516 g/mol. The average Bonchev–Trinajstić information content (AvgIpc) is 2.86. The lowest BCUT2D eigenvalue weighted by molar-refractivity contribution is -0.157. The summed E-state index contributed by atoms with van der Waals surface area (Å²) < 4.78 is 5.55. The van der Waals surface area contributed by atoms with Gasteiger partial charge in [0.15, 0.2) is 0 Å². The zero-order chi connectivity index (χ0) is 25.0. The van der Waals surface area contributed by atoms with E-state index in [2.05, 4.69) is 22.8 Å². The topological polar surface area (TPSA) is 49.9 Å². The van der Waals surface area contributed by atoms with Crippen molar-refractivity contribution in [2.24, 2.45) is 5.41 Å². The molecular formula is C28H34Cl2N2O3. The lowest BCUT2D eigenvalue weighted by Gasteiger charge is -2.52. The predicted molar refractivity (Wildman–Crippen MR) is 140 cm³/mol. The Morgan fingerprint density at radius 1 is 1.09 bits per heavy atom. The molecule has 35 heavy (non-hydrogen) atoms. The second-order valence-electron chi connectivity index (χ2n) is 9.98. The summed E-state index contributed by atoms with van der Waals surface area (Å²) in [4.78, 5) is 30.4. The molecule has 2 aromatic rings. The van der Waals surface area contributed by atoms with Crippen LogP contribution in [0.4, 0.5) is 0 Å². The van der Waals surface area contributed by atoms with Crippen LogP contribution in [0.3, 0.4) is 0 Å². The first-order chi connectivity index (χ1) is 16.9. The van der Waals surface area contributed by atoms with E-state index in [1.165, 1.54) is 0 Å². The molecule has 0 bridgehead atoms. The van der Waals surface area contributed by atoms with Crippen LogP contribution >= 0.6 is 23.2 Å². The van der Waals surface area contributed by atoms with Gasteiger partial charge in [-0.25, -0.2) is 0 Å². The number of carbonyl (C=O) groups excluding carboxylic acids is 2. The van der Waals surface area contributed by atoms with Crippen molar-refractivity contribution in [3.8, 4) is 0 Å². The van der Waals surface area contributed by atoms with E-state index in [4.69, 9.17) is 27.9 Å². The predicted octanol–water partition coefficient (Wildman–Crippen LogP) is 5.76. The quantitative estimate of drug-likeness (QED) is 0.418. The molecule has 0 radical (unpaired) electrons. The number of benzene rings is 2. The highest BCUT2D eigenvalue weighted by Crippen LogP contribution is 2.52. The standard InChI is InChI=1S/C28H34Cl2N2O3/c1-3-24(19-31-12-15-35-16-13-31)32-26(20-7-9-22(29)10-8-20)25(21-5-4-6-23(30)17-21)18-28(2,11-14-33)27(32)34/h4-10,14,17,24-26H,3,11-13,15-16,18-19H2,1-2H3/t24?,25-,26-,28+/m1/s1. The highest BCUT2D eigenvalue weighted by Gasteiger charge is 2.51.